The van der Waals surface area contributed by atoms with Crippen molar-refractivity contribution in [3.63, 3.8) is 0 Å². The van der Waals surface area contributed by atoms with Crippen LogP contribution in [0.3, 0.4) is 0 Å². The highest BCUT2D eigenvalue weighted by Crippen LogP contribution is 2.17. The number of benzene rings is 1. The van der Waals surface area contributed by atoms with Gasteiger partial charge in [0.1, 0.15) is 11.6 Å². The van der Waals surface area contributed by atoms with Gasteiger partial charge in [0.25, 0.3) is 0 Å². The van der Waals surface area contributed by atoms with Gasteiger partial charge in [-0.25, -0.2) is 4.98 Å². The van der Waals surface area contributed by atoms with Gasteiger partial charge in [-0.3, -0.25) is 5.10 Å². The first kappa shape index (κ1) is 15.1. The number of hydrogen-bond donors (Lipinski definition) is 1. The first-order valence-electron chi connectivity index (χ1n) is 7.05. The van der Waals surface area contributed by atoms with E-state index in [-0.39, 0.29) is 0 Å². The summed E-state index contributed by atoms with van der Waals surface area (Å²) in [6, 6.07) is 12.2. The first-order valence-corrected chi connectivity index (χ1v) is 8.92. The Labute approximate surface area is 137 Å². The average Bonchev–Trinajstić information content (AvgIpc) is 3.16. The molecule has 4 nitrogen and oxygen atoms in total. The SMILES string of the molecule is Cc1cccc(OCCSc2n[nH]c(Cc3cccs3)n2)c1. The third-order valence-electron chi connectivity index (χ3n) is 3.01. The van der Waals surface area contributed by atoms with E-state index in [1.54, 1.807) is 23.1 Å². The molecule has 0 amide bonds. The number of thioether (sulfide) groups is 1. The van der Waals surface area contributed by atoms with Gasteiger partial charge in [0.15, 0.2) is 0 Å². The molecule has 0 spiro atoms. The fourth-order valence-corrected chi connectivity index (χ4v) is 3.34. The summed E-state index contributed by atoms with van der Waals surface area (Å²) in [7, 11) is 0. The van der Waals surface area contributed by atoms with Crippen LogP contribution in [0.2, 0.25) is 0 Å². The molecule has 1 aromatic carbocycles. The number of aromatic amines is 1. The van der Waals surface area contributed by atoms with Crippen LogP contribution in [-0.2, 0) is 6.42 Å². The second-order valence-electron chi connectivity index (χ2n) is 4.83. The van der Waals surface area contributed by atoms with Gasteiger partial charge in [-0.05, 0) is 36.1 Å². The number of ether oxygens (including phenoxy) is 1. The smallest absolute Gasteiger partial charge is 0.208 e. The van der Waals surface area contributed by atoms with Gasteiger partial charge in [0.05, 0.1) is 6.61 Å². The Morgan fingerprint density at radius 1 is 1.27 bits per heavy atom. The summed E-state index contributed by atoms with van der Waals surface area (Å²) in [6.07, 6.45) is 0.811. The van der Waals surface area contributed by atoms with E-state index in [1.807, 2.05) is 18.2 Å². The minimum Gasteiger partial charge on any atom is -0.493 e. The highest BCUT2D eigenvalue weighted by molar-refractivity contribution is 7.99. The quantitative estimate of drug-likeness (QED) is 0.526. The molecule has 0 unspecified atom stereocenters. The molecule has 2 heterocycles. The molecule has 0 aliphatic heterocycles. The Hall–Kier alpha value is -1.79. The number of aryl methyl sites for hydroxylation is 1. The van der Waals surface area contributed by atoms with Crippen LogP contribution in [0.5, 0.6) is 5.75 Å². The molecule has 0 bridgehead atoms. The highest BCUT2D eigenvalue weighted by Gasteiger charge is 2.05. The minimum absolute atomic E-state index is 0.642. The first-order chi connectivity index (χ1) is 10.8. The molecule has 0 aliphatic rings. The maximum Gasteiger partial charge on any atom is 0.208 e. The molecular weight excluding hydrogens is 314 g/mol. The van der Waals surface area contributed by atoms with Gasteiger partial charge < -0.3 is 4.74 Å². The molecule has 22 heavy (non-hydrogen) atoms. The van der Waals surface area contributed by atoms with Crippen molar-refractivity contribution >= 4 is 23.1 Å². The van der Waals surface area contributed by atoms with Gasteiger partial charge >= 0.3 is 0 Å². The van der Waals surface area contributed by atoms with E-state index in [0.29, 0.717) is 6.61 Å². The summed E-state index contributed by atoms with van der Waals surface area (Å²) in [4.78, 5) is 5.78. The summed E-state index contributed by atoms with van der Waals surface area (Å²) in [5.74, 6) is 2.64. The molecule has 1 N–H and O–H groups in total. The summed E-state index contributed by atoms with van der Waals surface area (Å²) >= 11 is 3.33. The molecule has 2 aromatic heterocycles. The third-order valence-corrected chi connectivity index (χ3v) is 4.69. The van der Waals surface area contributed by atoms with E-state index in [0.717, 1.165) is 28.9 Å². The summed E-state index contributed by atoms with van der Waals surface area (Å²) in [6.45, 7) is 2.70. The maximum atomic E-state index is 5.72. The summed E-state index contributed by atoms with van der Waals surface area (Å²) < 4.78 is 5.72. The Balaban J connectivity index is 1.43. The largest absolute Gasteiger partial charge is 0.493 e. The molecule has 3 rings (SSSR count). The zero-order valence-electron chi connectivity index (χ0n) is 12.3. The lowest BCUT2D eigenvalue weighted by Crippen LogP contribution is -2.00. The lowest BCUT2D eigenvalue weighted by molar-refractivity contribution is 0.343. The van der Waals surface area contributed by atoms with Crippen molar-refractivity contribution in [2.24, 2.45) is 0 Å². The molecule has 0 saturated carbocycles. The van der Waals surface area contributed by atoms with Crippen molar-refractivity contribution in [3.05, 3.63) is 58.0 Å². The number of aromatic nitrogens is 3. The van der Waals surface area contributed by atoms with E-state index >= 15 is 0 Å². The Morgan fingerprint density at radius 3 is 3.05 bits per heavy atom. The third kappa shape index (κ3) is 4.35. The van der Waals surface area contributed by atoms with Crippen LogP contribution in [0.1, 0.15) is 16.3 Å². The molecule has 6 heteroatoms. The maximum absolute atomic E-state index is 5.72. The van der Waals surface area contributed by atoms with Crippen LogP contribution in [-0.4, -0.2) is 27.5 Å². The monoisotopic (exact) mass is 331 g/mol. The van der Waals surface area contributed by atoms with Crippen molar-refractivity contribution in [2.45, 2.75) is 18.5 Å². The standard InChI is InChI=1S/C16H17N3OS2/c1-12-4-2-5-13(10-12)20-7-9-22-16-17-15(18-19-16)11-14-6-3-8-21-14/h2-6,8,10H,7,9,11H2,1H3,(H,17,18,19). The summed E-state index contributed by atoms with van der Waals surface area (Å²) in [5.41, 5.74) is 1.21. The number of thiophene rings is 1. The topological polar surface area (TPSA) is 50.8 Å². The molecular formula is C16H17N3OS2. The molecule has 114 valence electrons. The number of nitrogens with zero attached hydrogens (tertiary/aromatic N) is 2. The minimum atomic E-state index is 0.642. The van der Waals surface area contributed by atoms with Gasteiger partial charge in [-0.1, -0.05) is 30.0 Å². The van der Waals surface area contributed by atoms with Crippen LogP contribution in [0.25, 0.3) is 0 Å². The van der Waals surface area contributed by atoms with E-state index in [4.69, 9.17) is 4.74 Å². The zero-order chi connectivity index (χ0) is 15.2. The Bertz CT molecular complexity index is 710. The van der Waals surface area contributed by atoms with Gasteiger partial charge in [-0.2, -0.15) is 0 Å². The van der Waals surface area contributed by atoms with E-state index in [1.165, 1.54) is 10.4 Å². The van der Waals surface area contributed by atoms with Crippen molar-refractivity contribution in [2.75, 3.05) is 12.4 Å². The lowest BCUT2D eigenvalue weighted by atomic mass is 10.2. The van der Waals surface area contributed by atoms with Crippen molar-refractivity contribution < 1.29 is 4.74 Å². The zero-order valence-corrected chi connectivity index (χ0v) is 13.9. The van der Waals surface area contributed by atoms with Crippen LogP contribution in [0.4, 0.5) is 0 Å². The molecule has 0 atom stereocenters. The van der Waals surface area contributed by atoms with Crippen molar-refractivity contribution in [1.82, 2.24) is 15.2 Å². The normalized spacial score (nSPS) is 10.8. The fourth-order valence-electron chi connectivity index (χ4n) is 2.00. The second-order valence-corrected chi connectivity index (χ2v) is 6.93. The van der Waals surface area contributed by atoms with E-state index < -0.39 is 0 Å². The molecule has 0 saturated heterocycles. The van der Waals surface area contributed by atoms with E-state index in [2.05, 4.69) is 45.7 Å². The van der Waals surface area contributed by atoms with Crippen LogP contribution >= 0.6 is 23.1 Å². The van der Waals surface area contributed by atoms with Crippen molar-refractivity contribution in [3.8, 4) is 5.75 Å². The fraction of sp³-hybridized carbons (Fsp3) is 0.250. The second kappa shape index (κ2) is 7.47. The number of rotatable bonds is 7. The summed E-state index contributed by atoms with van der Waals surface area (Å²) in [5, 5.41) is 10.1. The number of H-pyrrole nitrogens is 1. The van der Waals surface area contributed by atoms with Gasteiger partial charge in [0, 0.05) is 17.1 Å². The number of nitrogens with one attached hydrogen (secondary N) is 1. The molecule has 3 aromatic rings. The van der Waals surface area contributed by atoms with Crippen molar-refractivity contribution in [1.29, 1.82) is 0 Å². The average molecular weight is 331 g/mol. The van der Waals surface area contributed by atoms with Gasteiger partial charge in [-0.15, -0.1) is 16.4 Å². The molecule has 0 radical (unpaired) electrons. The molecule has 0 aliphatic carbocycles. The van der Waals surface area contributed by atoms with Crippen LogP contribution in [0, 0.1) is 6.92 Å². The van der Waals surface area contributed by atoms with E-state index in [9.17, 15) is 0 Å². The number of hydrogen-bond acceptors (Lipinski definition) is 5. The predicted molar refractivity (Wildman–Crippen MR) is 90.9 cm³/mol. The van der Waals surface area contributed by atoms with Crippen LogP contribution in [0.15, 0.2) is 46.9 Å². The highest BCUT2D eigenvalue weighted by atomic mass is 32.2. The Kier molecular flexibility index (Phi) is 5.13. The predicted octanol–water partition coefficient (Wildman–Crippen LogP) is 3.94. The van der Waals surface area contributed by atoms with Crippen LogP contribution < -0.4 is 4.74 Å². The Morgan fingerprint density at radius 2 is 2.23 bits per heavy atom. The molecule has 0 fully saturated rings. The lowest BCUT2D eigenvalue weighted by Gasteiger charge is -2.05. The van der Waals surface area contributed by atoms with Gasteiger partial charge in [0.2, 0.25) is 5.16 Å².